The predicted octanol–water partition coefficient (Wildman–Crippen LogP) is 2.81. The number of carbonyl (C=O) groups excluding carboxylic acids is 1. The van der Waals surface area contributed by atoms with E-state index in [0.29, 0.717) is 18.0 Å². The first-order valence-electron chi connectivity index (χ1n) is 4.89. The SMILES string of the molecule is Cc1cc(N)cc(C(=O)CC(C)C)c1. The lowest BCUT2D eigenvalue weighted by atomic mass is 9.99. The molecule has 1 aromatic rings. The number of rotatable bonds is 3. The summed E-state index contributed by atoms with van der Waals surface area (Å²) < 4.78 is 0. The molecule has 1 rings (SSSR count). The number of benzene rings is 1. The standard InChI is InChI=1S/C12H17NO/c1-8(2)4-12(14)10-5-9(3)6-11(13)7-10/h5-8H,4,13H2,1-3H3. The minimum atomic E-state index is 0.176. The molecule has 0 aromatic heterocycles. The van der Waals surface area contributed by atoms with Crippen LogP contribution >= 0.6 is 0 Å². The van der Waals surface area contributed by atoms with E-state index in [1.165, 1.54) is 0 Å². The van der Waals surface area contributed by atoms with Crippen molar-refractivity contribution in [2.24, 2.45) is 5.92 Å². The van der Waals surface area contributed by atoms with E-state index in [-0.39, 0.29) is 5.78 Å². The van der Waals surface area contributed by atoms with Gasteiger partial charge in [0.2, 0.25) is 0 Å². The fourth-order valence-corrected chi connectivity index (χ4v) is 1.46. The number of aryl methyl sites for hydroxylation is 1. The average molecular weight is 191 g/mol. The van der Waals surface area contributed by atoms with Gasteiger partial charge in [0, 0.05) is 17.7 Å². The Morgan fingerprint density at radius 1 is 1.36 bits per heavy atom. The number of nitrogens with two attached hydrogens (primary N) is 1. The quantitative estimate of drug-likeness (QED) is 0.589. The van der Waals surface area contributed by atoms with Gasteiger partial charge in [-0.3, -0.25) is 4.79 Å². The summed E-state index contributed by atoms with van der Waals surface area (Å²) in [5, 5.41) is 0. The molecule has 2 nitrogen and oxygen atoms in total. The summed E-state index contributed by atoms with van der Waals surface area (Å²) >= 11 is 0. The minimum Gasteiger partial charge on any atom is -0.399 e. The Hall–Kier alpha value is -1.31. The van der Waals surface area contributed by atoms with Crippen LogP contribution in [0, 0.1) is 12.8 Å². The molecule has 0 amide bonds. The zero-order valence-corrected chi connectivity index (χ0v) is 9.00. The Bertz CT molecular complexity index is 322. The van der Waals surface area contributed by atoms with E-state index in [0.717, 1.165) is 11.1 Å². The fraction of sp³-hybridized carbons (Fsp3) is 0.417. The summed E-state index contributed by atoms with van der Waals surface area (Å²) in [5.74, 6) is 0.569. The number of Topliss-reactive ketones (excluding diaryl/α,β-unsaturated/α-hetero) is 1. The lowest BCUT2D eigenvalue weighted by molar-refractivity contribution is 0.0968. The Kier molecular flexibility index (Phi) is 3.28. The molecular weight excluding hydrogens is 174 g/mol. The molecule has 0 atom stereocenters. The van der Waals surface area contributed by atoms with E-state index in [4.69, 9.17) is 5.73 Å². The highest BCUT2D eigenvalue weighted by Gasteiger charge is 2.08. The number of carbonyl (C=O) groups is 1. The molecule has 0 aliphatic rings. The first kappa shape index (κ1) is 10.8. The van der Waals surface area contributed by atoms with Crippen LogP contribution in [0.25, 0.3) is 0 Å². The number of ketones is 1. The van der Waals surface area contributed by atoms with Crippen LogP contribution in [0.2, 0.25) is 0 Å². The topological polar surface area (TPSA) is 43.1 Å². The molecule has 14 heavy (non-hydrogen) atoms. The second-order valence-electron chi connectivity index (χ2n) is 4.15. The predicted molar refractivity (Wildman–Crippen MR) is 59.4 cm³/mol. The molecule has 76 valence electrons. The Morgan fingerprint density at radius 2 is 2.00 bits per heavy atom. The monoisotopic (exact) mass is 191 g/mol. The maximum Gasteiger partial charge on any atom is 0.163 e. The van der Waals surface area contributed by atoms with E-state index in [1.807, 2.05) is 32.9 Å². The minimum absolute atomic E-state index is 0.176. The van der Waals surface area contributed by atoms with Gasteiger partial charge in [-0.25, -0.2) is 0 Å². The summed E-state index contributed by atoms with van der Waals surface area (Å²) in [6.07, 6.45) is 0.586. The second-order valence-corrected chi connectivity index (χ2v) is 4.15. The van der Waals surface area contributed by atoms with Crippen LogP contribution in [0.3, 0.4) is 0 Å². The van der Waals surface area contributed by atoms with Crippen LogP contribution in [-0.4, -0.2) is 5.78 Å². The van der Waals surface area contributed by atoms with Gasteiger partial charge in [-0.05, 0) is 36.6 Å². The van der Waals surface area contributed by atoms with Crippen LogP contribution in [-0.2, 0) is 0 Å². The van der Waals surface area contributed by atoms with Crippen molar-refractivity contribution in [3.05, 3.63) is 29.3 Å². The van der Waals surface area contributed by atoms with Crippen molar-refractivity contribution in [2.75, 3.05) is 5.73 Å². The van der Waals surface area contributed by atoms with Gasteiger partial charge in [0.15, 0.2) is 5.78 Å². The maximum atomic E-state index is 11.7. The normalized spacial score (nSPS) is 10.6. The molecule has 1 aromatic carbocycles. The van der Waals surface area contributed by atoms with Crippen molar-refractivity contribution >= 4 is 11.5 Å². The third kappa shape index (κ3) is 2.87. The molecule has 0 saturated heterocycles. The van der Waals surface area contributed by atoms with Gasteiger partial charge in [0.25, 0.3) is 0 Å². The largest absolute Gasteiger partial charge is 0.399 e. The van der Waals surface area contributed by atoms with Crippen molar-refractivity contribution in [1.29, 1.82) is 0 Å². The molecule has 2 N–H and O–H groups in total. The van der Waals surface area contributed by atoms with Crippen molar-refractivity contribution < 1.29 is 4.79 Å². The average Bonchev–Trinajstić information content (AvgIpc) is 2.00. The van der Waals surface area contributed by atoms with E-state index in [2.05, 4.69) is 0 Å². The van der Waals surface area contributed by atoms with E-state index >= 15 is 0 Å². The van der Waals surface area contributed by atoms with E-state index in [9.17, 15) is 4.79 Å². The highest BCUT2D eigenvalue weighted by Crippen LogP contribution is 2.15. The van der Waals surface area contributed by atoms with Gasteiger partial charge in [-0.15, -0.1) is 0 Å². The van der Waals surface area contributed by atoms with Crippen LogP contribution < -0.4 is 5.73 Å². The molecule has 0 bridgehead atoms. The molecule has 0 aliphatic heterocycles. The smallest absolute Gasteiger partial charge is 0.163 e. The van der Waals surface area contributed by atoms with Crippen LogP contribution in [0.1, 0.15) is 36.2 Å². The molecule has 2 heteroatoms. The Morgan fingerprint density at radius 3 is 2.50 bits per heavy atom. The maximum absolute atomic E-state index is 11.7. The van der Waals surface area contributed by atoms with Crippen molar-refractivity contribution in [3.63, 3.8) is 0 Å². The van der Waals surface area contributed by atoms with E-state index in [1.54, 1.807) is 6.07 Å². The fourth-order valence-electron chi connectivity index (χ4n) is 1.46. The highest BCUT2D eigenvalue weighted by atomic mass is 16.1. The molecule has 0 aliphatic carbocycles. The number of anilines is 1. The highest BCUT2D eigenvalue weighted by molar-refractivity contribution is 5.97. The number of hydrogen-bond donors (Lipinski definition) is 1. The van der Waals surface area contributed by atoms with Gasteiger partial charge in [0.05, 0.1) is 0 Å². The third-order valence-corrected chi connectivity index (χ3v) is 2.02. The lowest BCUT2D eigenvalue weighted by Crippen LogP contribution is -2.04. The second kappa shape index (κ2) is 4.27. The Labute approximate surface area is 85.1 Å². The van der Waals surface area contributed by atoms with Crippen molar-refractivity contribution in [1.82, 2.24) is 0 Å². The van der Waals surface area contributed by atoms with E-state index < -0.39 is 0 Å². The first-order valence-corrected chi connectivity index (χ1v) is 4.89. The first-order chi connectivity index (χ1) is 6.49. The zero-order valence-electron chi connectivity index (χ0n) is 9.00. The molecule has 0 radical (unpaired) electrons. The van der Waals surface area contributed by atoms with Crippen molar-refractivity contribution in [2.45, 2.75) is 27.2 Å². The van der Waals surface area contributed by atoms with Gasteiger partial charge in [-0.2, -0.15) is 0 Å². The van der Waals surface area contributed by atoms with Crippen molar-refractivity contribution in [3.8, 4) is 0 Å². The summed E-state index contributed by atoms with van der Waals surface area (Å²) in [6.45, 7) is 6.02. The summed E-state index contributed by atoms with van der Waals surface area (Å²) in [4.78, 5) is 11.7. The Balaban J connectivity index is 2.90. The summed E-state index contributed by atoms with van der Waals surface area (Å²) in [6, 6.07) is 5.50. The van der Waals surface area contributed by atoms with Crippen LogP contribution in [0.15, 0.2) is 18.2 Å². The molecule has 0 heterocycles. The molecular formula is C12H17NO. The summed E-state index contributed by atoms with van der Waals surface area (Å²) in [5.41, 5.74) is 8.11. The number of hydrogen-bond acceptors (Lipinski definition) is 2. The lowest BCUT2D eigenvalue weighted by Gasteiger charge is -2.06. The van der Waals surface area contributed by atoms with Gasteiger partial charge >= 0.3 is 0 Å². The number of nitrogen functional groups attached to an aromatic ring is 1. The molecule has 0 spiro atoms. The van der Waals surface area contributed by atoms with Crippen LogP contribution in [0.4, 0.5) is 5.69 Å². The third-order valence-electron chi connectivity index (χ3n) is 2.02. The molecule has 0 fully saturated rings. The van der Waals surface area contributed by atoms with Gasteiger partial charge < -0.3 is 5.73 Å². The zero-order chi connectivity index (χ0) is 10.7. The molecule has 0 unspecified atom stereocenters. The van der Waals surface area contributed by atoms with Gasteiger partial charge in [0.1, 0.15) is 0 Å². The summed E-state index contributed by atoms with van der Waals surface area (Å²) in [7, 11) is 0. The molecule has 0 saturated carbocycles. The van der Waals surface area contributed by atoms with Crippen LogP contribution in [0.5, 0.6) is 0 Å². The van der Waals surface area contributed by atoms with Gasteiger partial charge in [-0.1, -0.05) is 13.8 Å².